The third-order valence-corrected chi connectivity index (χ3v) is 6.06. The Morgan fingerprint density at radius 3 is 2.81 bits per heavy atom. The van der Waals surface area contributed by atoms with Crippen LogP contribution in [0, 0.1) is 5.92 Å². The van der Waals surface area contributed by atoms with E-state index in [-0.39, 0.29) is 11.8 Å². The van der Waals surface area contributed by atoms with Crippen molar-refractivity contribution in [2.45, 2.75) is 18.8 Å². The maximum Gasteiger partial charge on any atom is 0.228 e. The highest BCUT2D eigenvalue weighted by atomic mass is 32.1. The number of fused-ring (bicyclic) bond motifs is 1. The van der Waals surface area contributed by atoms with Gasteiger partial charge in [-0.2, -0.15) is 0 Å². The van der Waals surface area contributed by atoms with E-state index in [0.717, 1.165) is 39.2 Å². The average molecular weight is 383 g/mol. The molecule has 0 saturated heterocycles. The van der Waals surface area contributed by atoms with Crippen molar-refractivity contribution in [3.63, 3.8) is 0 Å². The van der Waals surface area contributed by atoms with Gasteiger partial charge in [-0.05, 0) is 30.0 Å². The van der Waals surface area contributed by atoms with Crippen molar-refractivity contribution in [2.75, 3.05) is 20.3 Å². The van der Waals surface area contributed by atoms with Gasteiger partial charge in [-0.1, -0.05) is 13.0 Å². The fourth-order valence-corrected chi connectivity index (χ4v) is 4.19. The highest BCUT2D eigenvalue weighted by molar-refractivity contribution is 7.13. The summed E-state index contributed by atoms with van der Waals surface area (Å²) in [5.41, 5.74) is 9.47. The third-order valence-electron chi connectivity index (χ3n) is 5.26. The molecule has 2 aromatic heterocycles. The lowest BCUT2D eigenvalue weighted by molar-refractivity contribution is -0.120. The molecule has 0 bridgehead atoms. The summed E-state index contributed by atoms with van der Waals surface area (Å²) < 4.78 is 11.1. The molecule has 1 aliphatic carbocycles. The molecule has 0 aliphatic heterocycles. The number of rotatable bonds is 7. The number of aromatic nitrogens is 2. The van der Waals surface area contributed by atoms with Gasteiger partial charge in [0.25, 0.3) is 0 Å². The van der Waals surface area contributed by atoms with Gasteiger partial charge in [-0.15, -0.1) is 11.3 Å². The van der Waals surface area contributed by atoms with Crippen LogP contribution in [0.1, 0.15) is 18.9 Å². The van der Waals surface area contributed by atoms with Crippen LogP contribution in [-0.2, 0) is 14.9 Å². The molecule has 6 nitrogen and oxygen atoms in total. The van der Waals surface area contributed by atoms with E-state index in [1.807, 2.05) is 24.3 Å². The fourth-order valence-electron chi connectivity index (χ4n) is 3.61. The van der Waals surface area contributed by atoms with Crippen LogP contribution in [0.15, 0.2) is 36.0 Å². The lowest BCUT2D eigenvalue weighted by Crippen LogP contribution is -2.30. The normalized spacial score (nSPS) is 21.3. The van der Waals surface area contributed by atoms with Gasteiger partial charge in [-0.3, -0.25) is 9.78 Å². The Morgan fingerprint density at radius 1 is 1.37 bits per heavy atom. The summed E-state index contributed by atoms with van der Waals surface area (Å²) in [6.45, 7) is 2.97. The number of carbonyl (C=O) groups excluding carboxylic acids is 1. The number of amides is 1. The molecule has 0 spiro atoms. The van der Waals surface area contributed by atoms with Crippen LogP contribution in [0.2, 0.25) is 0 Å². The quantitative estimate of drug-likeness (QED) is 0.633. The van der Waals surface area contributed by atoms with Crippen molar-refractivity contribution in [3.8, 4) is 16.3 Å². The van der Waals surface area contributed by atoms with Crippen molar-refractivity contribution in [2.24, 2.45) is 11.7 Å². The summed E-state index contributed by atoms with van der Waals surface area (Å²) in [5.74, 6) is 0.690. The van der Waals surface area contributed by atoms with Crippen LogP contribution in [0.25, 0.3) is 21.5 Å². The van der Waals surface area contributed by atoms with E-state index in [2.05, 4.69) is 11.9 Å². The Morgan fingerprint density at radius 2 is 2.19 bits per heavy atom. The number of hydrogen-bond donors (Lipinski definition) is 1. The Labute approximate surface area is 161 Å². The number of ether oxygens (including phenoxy) is 2. The number of nitrogens with two attached hydrogens (primary N) is 1. The summed E-state index contributed by atoms with van der Waals surface area (Å²) in [7, 11) is 1.64. The second-order valence-electron chi connectivity index (χ2n) is 6.89. The first kappa shape index (κ1) is 17.9. The number of hydrogen-bond acceptors (Lipinski definition) is 6. The van der Waals surface area contributed by atoms with Gasteiger partial charge in [0.1, 0.15) is 12.4 Å². The van der Waals surface area contributed by atoms with Gasteiger partial charge in [0.2, 0.25) is 5.91 Å². The second kappa shape index (κ2) is 6.90. The van der Waals surface area contributed by atoms with E-state index in [4.69, 9.17) is 20.2 Å². The smallest absolute Gasteiger partial charge is 0.228 e. The lowest BCUT2D eigenvalue weighted by atomic mass is 9.91. The fraction of sp³-hybridized carbons (Fsp3) is 0.350. The number of pyridine rings is 1. The van der Waals surface area contributed by atoms with Crippen LogP contribution in [0.3, 0.4) is 0 Å². The molecule has 4 rings (SSSR count). The van der Waals surface area contributed by atoms with Crippen molar-refractivity contribution >= 4 is 28.1 Å². The molecule has 2 atom stereocenters. The number of carbonyl (C=O) groups is 1. The van der Waals surface area contributed by atoms with Gasteiger partial charge in [-0.25, -0.2) is 4.98 Å². The van der Waals surface area contributed by atoms with Crippen LogP contribution in [0.5, 0.6) is 5.75 Å². The summed E-state index contributed by atoms with van der Waals surface area (Å²) in [6, 6.07) is 7.81. The third kappa shape index (κ3) is 3.07. The number of primary amides is 1. The first-order chi connectivity index (χ1) is 13.1. The largest absolute Gasteiger partial charge is 0.490 e. The monoisotopic (exact) mass is 383 g/mol. The summed E-state index contributed by atoms with van der Waals surface area (Å²) in [5, 5.41) is 0.872. The number of nitrogens with zero attached hydrogens (tertiary/aromatic N) is 2. The molecule has 1 fully saturated rings. The SMILES string of the molecule is COCCOc1cc(-c2cncs2)nc2ccc(C3(C(N)=O)CC3C)cc12. The van der Waals surface area contributed by atoms with Crippen LogP contribution in [-0.4, -0.2) is 36.2 Å². The molecule has 27 heavy (non-hydrogen) atoms. The van der Waals surface area contributed by atoms with Crippen LogP contribution in [0.4, 0.5) is 0 Å². The van der Waals surface area contributed by atoms with E-state index in [1.165, 1.54) is 11.3 Å². The molecule has 1 amide bonds. The topological polar surface area (TPSA) is 87.3 Å². The first-order valence-corrected chi connectivity index (χ1v) is 9.70. The molecule has 3 aromatic rings. The minimum Gasteiger partial charge on any atom is -0.490 e. The molecule has 2 heterocycles. The van der Waals surface area contributed by atoms with E-state index in [1.54, 1.807) is 18.8 Å². The van der Waals surface area contributed by atoms with Crippen LogP contribution >= 0.6 is 11.3 Å². The van der Waals surface area contributed by atoms with Crippen molar-refractivity contribution in [1.82, 2.24) is 9.97 Å². The summed E-state index contributed by atoms with van der Waals surface area (Å²) in [4.78, 5) is 22.0. The van der Waals surface area contributed by atoms with E-state index < -0.39 is 5.41 Å². The van der Waals surface area contributed by atoms with E-state index in [0.29, 0.717) is 13.2 Å². The highest BCUT2D eigenvalue weighted by Gasteiger charge is 2.57. The molecule has 1 aliphatic rings. The van der Waals surface area contributed by atoms with Crippen molar-refractivity contribution < 1.29 is 14.3 Å². The maximum absolute atomic E-state index is 12.1. The van der Waals surface area contributed by atoms with Crippen molar-refractivity contribution in [3.05, 3.63) is 41.5 Å². The minimum atomic E-state index is -0.575. The lowest BCUT2D eigenvalue weighted by Gasteiger charge is -2.16. The van der Waals surface area contributed by atoms with Gasteiger partial charge >= 0.3 is 0 Å². The maximum atomic E-state index is 12.1. The number of methoxy groups -OCH3 is 1. The zero-order chi connectivity index (χ0) is 19.0. The highest BCUT2D eigenvalue weighted by Crippen LogP contribution is 2.54. The van der Waals surface area contributed by atoms with Gasteiger partial charge < -0.3 is 15.2 Å². The van der Waals surface area contributed by atoms with Crippen LogP contribution < -0.4 is 10.5 Å². The van der Waals surface area contributed by atoms with Gasteiger partial charge in [0.05, 0.1) is 33.6 Å². The average Bonchev–Trinajstić information content (AvgIpc) is 3.09. The molecular weight excluding hydrogens is 362 g/mol. The zero-order valence-corrected chi connectivity index (χ0v) is 16.1. The van der Waals surface area contributed by atoms with Gasteiger partial charge in [0, 0.05) is 24.8 Å². The minimum absolute atomic E-state index is 0.245. The van der Waals surface area contributed by atoms with E-state index >= 15 is 0 Å². The first-order valence-electron chi connectivity index (χ1n) is 8.82. The summed E-state index contributed by atoms with van der Waals surface area (Å²) >= 11 is 1.53. The Kier molecular flexibility index (Phi) is 4.57. The Hall–Kier alpha value is -2.51. The van der Waals surface area contributed by atoms with Gasteiger partial charge in [0.15, 0.2) is 0 Å². The molecule has 0 radical (unpaired) electrons. The Balaban J connectivity index is 1.83. The Bertz CT molecular complexity index is 990. The molecule has 2 N–H and O–H groups in total. The molecule has 1 aromatic carbocycles. The number of benzene rings is 1. The molecule has 140 valence electrons. The summed E-state index contributed by atoms with van der Waals surface area (Å²) in [6.07, 6.45) is 2.57. The second-order valence-corrected chi connectivity index (χ2v) is 7.77. The standard InChI is InChI=1S/C20H21N3O3S/c1-12-9-20(12,19(21)24)13-3-4-15-14(7-13)17(26-6-5-25-2)8-16(23-15)18-10-22-11-27-18/h3-4,7-8,10-12H,5-6,9H2,1-2H3,(H2,21,24). The van der Waals surface area contributed by atoms with Crippen molar-refractivity contribution in [1.29, 1.82) is 0 Å². The molecule has 7 heteroatoms. The van der Waals surface area contributed by atoms with E-state index in [9.17, 15) is 4.79 Å². The molecular formula is C20H21N3O3S. The molecule has 2 unspecified atom stereocenters. The molecule has 1 saturated carbocycles. The number of thiazole rings is 1. The zero-order valence-electron chi connectivity index (χ0n) is 15.3. The predicted octanol–water partition coefficient (Wildman–Crippen LogP) is 3.15. The predicted molar refractivity (Wildman–Crippen MR) is 105 cm³/mol.